The molecule has 136 valence electrons. The molecule has 10 nitrogen and oxygen atoms in total. The van der Waals surface area contributed by atoms with Crippen LogP contribution in [0.3, 0.4) is 0 Å². The number of ether oxygens (including phenoxy) is 5. The van der Waals surface area contributed by atoms with Crippen molar-refractivity contribution in [2.45, 2.75) is 57.8 Å². The highest BCUT2D eigenvalue weighted by molar-refractivity contribution is 5.71. The summed E-state index contributed by atoms with van der Waals surface area (Å²) in [5.74, 6) is -2.71. The minimum Gasteiger partial charge on any atom is -0.469 e. The summed E-state index contributed by atoms with van der Waals surface area (Å²) >= 11 is 0. The van der Waals surface area contributed by atoms with Crippen molar-refractivity contribution in [1.82, 2.24) is 0 Å². The van der Waals surface area contributed by atoms with Crippen LogP contribution in [0.5, 0.6) is 0 Å². The summed E-state index contributed by atoms with van der Waals surface area (Å²) in [6, 6.07) is -1.11. The molecule has 0 amide bonds. The largest absolute Gasteiger partial charge is 0.469 e. The molecule has 5 atom stereocenters. The Bertz CT molecular complexity index is 506. The lowest BCUT2D eigenvalue weighted by atomic mass is 9.95. The highest BCUT2D eigenvalue weighted by Gasteiger charge is 2.50. The molecule has 0 aliphatic carbocycles. The second kappa shape index (κ2) is 8.60. The summed E-state index contributed by atoms with van der Waals surface area (Å²) < 4.78 is 25.2. The summed E-state index contributed by atoms with van der Waals surface area (Å²) in [5.41, 5.74) is 5.92. The zero-order valence-electron chi connectivity index (χ0n) is 13.8. The fourth-order valence-corrected chi connectivity index (χ4v) is 2.28. The zero-order valence-corrected chi connectivity index (χ0v) is 13.8. The molecular weight excluding hydrogens is 326 g/mol. The lowest BCUT2D eigenvalue weighted by Crippen LogP contribution is -2.64. The maximum Gasteiger partial charge on any atom is 0.308 e. The molecule has 2 N–H and O–H groups in total. The Morgan fingerprint density at radius 1 is 0.917 bits per heavy atom. The van der Waals surface area contributed by atoms with Gasteiger partial charge in [0.15, 0.2) is 12.2 Å². The van der Waals surface area contributed by atoms with Crippen LogP contribution < -0.4 is 5.73 Å². The van der Waals surface area contributed by atoms with Gasteiger partial charge in [-0.2, -0.15) is 0 Å². The van der Waals surface area contributed by atoms with Crippen molar-refractivity contribution in [2.75, 3.05) is 7.11 Å². The number of hydrogen-bond acceptors (Lipinski definition) is 10. The quantitative estimate of drug-likeness (QED) is 0.487. The predicted molar refractivity (Wildman–Crippen MR) is 76.1 cm³/mol. The zero-order chi connectivity index (χ0) is 18.4. The van der Waals surface area contributed by atoms with Crippen LogP contribution >= 0.6 is 0 Å². The molecule has 1 unspecified atom stereocenters. The molecule has 0 spiro atoms. The van der Waals surface area contributed by atoms with Crippen LogP contribution in [0.25, 0.3) is 0 Å². The van der Waals surface area contributed by atoms with Crippen LogP contribution in [0.15, 0.2) is 0 Å². The van der Waals surface area contributed by atoms with E-state index in [4.69, 9.17) is 24.7 Å². The van der Waals surface area contributed by atoms with Crippen molar-refractivity contribution < 1.29 is 42.9 Å². The van der Waals surface area contributed by atoms with E-state index < -0.39 is 54.5 Å². The van der Waals surface area contributed by atoms with Gasteiger partial charge in [0.05, 0.1) is 13.5 Å². The lowest BCUT2D eigenvalue weighted by Gasteiger charge is -2.43. The van der Waals surface area contributed by atoms with Crippen molar-refractivity contribution in [3.05, 3.63) is 0 Å². The molecular formula is C14H21NO9. The molecule has 0 aromatic rings. The van der Waals surface area contributed by atoms with Gasteiger partial charge in [-0.1, -0.05) is 0 Å². The van der Waals surface area contributed by atoms with Crippen molar-refractivity contribution in [3.63, 3.8) is 0 Å². The van der Waals surface area contributed by atoms with Gasteiger partial charge >= 0.3 is 23.9 Å². The van der Waals surface area contributed by atoms with E-state index in [0.29, 0.717) is 0 Å². The van der Waals surface area contributed by atoms with Crippen molar-refractivity contribution in [3.8, 4) is 0 Å². The minimum atomic E-state index is -1.28. The van der Waals surface area contributed by atoms with Crippen LogP contribution in [0.4, 0.5) is 0 Å². The molecule has 10 heteroatoms. The first kappa shape index (κ1) is 19.8. The number of hydrogen-bond donors (Lipinski definition) is 1. The fourth-order valence-electron chi connectivity index (χ4n) is 2.28. The van der Waals surface area contributed by atoms with Gasteiger partial charge in [-0.15, -0.1) is 0 Å². The van der Waals surface area contributed by atoms with E-state index in [1.54, 1.807) is 0 Å². The Labute approximate surface area is 138 Å². The van der Waals surface area contributed by atoms with Gasteiger partial charge in [-0.3, -0.25) is 19.2 Å². The third-order valence-corrected chi connectivity index (χ3v) is 3.17. The minimum absolute atomic E-state index is 0.323. The molecule has 0 radical (unpaired) electrons. The monoisotopic (exact) mass is 347 g/mol. The Kier molecular flexibility index (Phi) is 7.11. The number of carbonyl (C=O) groups is 4. The highest BCUT2D eigenvalue weighted by atomic mass is 16.7. The average Bonchev–Trinajstić information content (AvgIpc) is 2.46. The summed E-state index contributed by atoms with van der Waals surface area (Å²) in [6.45, 7) is 3.43. The normalized spacial score (nSPS) is 29.3. The molecule has 1 aliphatic heterocycles. The van der Waals surface area contributed by atoms with Gasteiger partial charge in [0, 0.05) is 20.8 Å². The van der Waals surface area contributed by atoms with E-state index in [9.17, 15) is 19.2 Å². The van der Waals surface area contributed by atoms with Gasteiger partial charge in [0.1, 0.15) is 12.1 Å². The first-order valence-electron chi connectivity index (χ1n) is 7.15. The molecule has 0 aromatic carbocycles. The van der Waals surface area contributed by atoms with Gasteiger partial charge in [-0.05, 0) is 0 Å². The summed E-state index contributed by atoms with van der Waals surface area (Å²) in [5, 5.41) is 0. The molecule has 1 rings (SSSR count). The lowest BCUT2D eigenvalue weighted by molar-refractivity contribution is -0.262. The van der Waals surface area contributed by atoms with Crippen molar-refractivity contribution >= 4 is 23.9 Å². The van der Waals surface area contributed by atoms with Crippen LogP contribution in [0, 0.1) is 0 Å². The molecule has 0 saturated carbocycles. The van der Waals surface area contributed by atoms with Gasteiger partial charge in [0.25, 0.3) is 0 Å². The van der Waals surface area contributed by atoms with Crippen LogP contribution in [-0.4, -0.2) is 61.6 Å². The smallest absolute Gasteiger partial charge is 0.308 e. The van der Waals surface area contributed by atoms with Gasteiger partial charge < -0.3 is 29.4 Å². The molecule has 1 aliphatic rings. The summed E-state index contributed by atoms with van der Waals surface area (Å²) in [7, 11) is 1.17. The molecule has 1 saturated heterocycles. The number of rotatable bonds is 5. The van der Waals surface area contributed by atoms with E-state index in [1.807, 2.05) is 0 Å². The molecule has 0 aromatic heterocycles. The fraction of sp³-hybridized carbons (Fsp3) is 0.714. The van der Waals surface area contributed by atoms with E-state index in [-0.39, 0.29) is 6.42 Å². The number of methoxy groups -OCH3 is 1. The van der Waals surface area contributed by atoms with Crippen LogP contribution in [0.1, 0.15) is 27.2 Å². The maximum absolute atomic E-state index is 11.6. The van der Waals surface area contributed by atoms with Crippen LogP contribution in [-0.2, 0) is 42.9 Å². The van der Waals surface area contributed by atoms with E-state index >= 15 is 0 Å². The van der Waals surface area contributed by atoms with Gasteiger partial charge in [-0.25, -0.2) is 0 Å². The predicted octanol–water partition coefficient (Wildman–Crippen LogP) is -0.972. The Morgan fingerprint density at radius 3 is 1.88 bits per heavy atom. The Hall–Kier alpha value is -2.20. The third kappa shape index (κ3) is 5.46. The summed E-state index contributed by atoms with van der Waals surface area (Å²) in [6.07, 6.45) is -5.01. The topological polar surface area (TPSA) is 140 Å². The molecule has 24 heavy (non-hydrogen) atoms. The number of nitrogens with two attached hydrogens (primary N) is 1. The van der Waals surface area contributed by atoms with E-state index in [2.05, 4.69) is 4.74 Å². The second-order valence-corrected chi connectivity index (χ2v) is 5.16. The number of carbonyl (C=O) groups excluding carboxylic acids is 4. The van der Waals surface area contributed by atoms with Gasteiger partial charge in [0.2, 0.25) is 6.29 Å². The third-order valence-electron chi connectivity index (χ3n) is 3.17. The molecule has 1 fully saturated rings. The van der Waals surface area contributed by atoms with Crippen molar-refractivity contribution in [2.24, 2.45) is 5.73 Å². The average molecular weight is 347 g/mol. The second-order valence-electron chi connectivity index (χ2n) is 5.16. The Morgan fingerprint density at radius 2 is 1.42 bits per heavy atom. The number of esters is 4. The van der Waals surface area contributed by atoms with E-state index in [0.717, 1.165) is 20.8 Å². The molecule has 1 heterocycles. The van der Waals surface area contributed by atoms with Crippen molar-refractivity contribution in [1.29, 1.82) is 0 Å². The molecule has 0 bridgehead atoms. The first-order valence-corrected chi connectivity index (χ1v) is 7.15. The first-order chi connectivity index (χ1) is 11.1. The Balaban J connectivity index is 3.13. The summed E-state index contributed by atoms with van der Waals surface area (Å²) in [4.78, 5) is 45.4. The highest BCUT2D eigenvalue weighted by Crippen LogP contribution is 2.28. The SMILES string of the molecule is COC(=O)C[C@@H]1OC(OC(C)=O)[C@@H](N)[C@H](OC(C)=O)[C@H]1OC(C)=O. The van der Waals surface area contributed by atoms with E-state index in [1.165, 1.54) is 7.11 Å². The van der Waals surface area contributed by atoms with Crippen LogP contribution in [0.2, 0.25) is 0 Å². The standard InChI is InChI=1S/C14H21NO9/c1-6(16)21-12-9(5-10(19)20-4)24-14(23-8(3)18)11(15)13(12)22-7(2)17/h9,11-14H,5,15H2,1-4H3/t9-,11-,12-,13-,14?/m0/s1. The maximum atomic E-state index is 11.6.